The summed E-state index contributed by atoms with van der Waals surface area (Å²) in [6.45, 7) is 1.72. The van der Waals surface area contributed by atoms with E-state index in [-0.39, 0.29) is 18.9 Å². The first-order valence-electron chi connectivity index (χ1n) is 32.7. The van der Waals surface area contributed by atoms with Crippen molar-refractivity contribution in [3.05, 3.63) is 36.5 Å². The lowest BCUT2D eigenvalue weighted by atomic mass is 9.96. The number of hydrogen-bond acceptors (Lipinski definition) is 18. The van der Waals surface area contributed by atoms with E-state index in [1.165, 1.54) is 122 Å². The van der Waals surface area contributed by atoms with Crippen LogP contribution in [-0.4, -0.2) is 193 Å². The number of carbonyl (C=O) groups is 1. The summed E-state index contributed by atoms with van der Waals surface area (Å²) >= 11 is 0. The Morgan fingerprint density at radius 3 is 1.24 bits per heavy atom. The van der Waals surface area contributed by atoms with Crippen molar-refractivity contribution >= 4 is 5.91 Å². The molecule has 3 aliphatic heterocycles. The highest BCUT2D eigenvalue weighted by Gasteiger charge is 2.53. The van der Waals surface area contributed by atoms with Gasteiger partial charge in [0.15, 0.2) is 18.9 Å². The first-order chi connectivity index (χ1) is 40.3. The summed E-state index contributed by atoms with van der Waals surface area (Å²) in [5.74, 6) is -0.283. The van der Waals surface area contributed by atoms with Crippen LogP contribution in [0.4, 0.5) is 0 Å². The number of aliphatic hydroxyl groups excluding tert-OH is 11. The molecule has 3 rings (SSSR count). The molecule has 0 spiro atoms. The molecule has 17 unspecified atom stereocenters. The lowest BCUT2D eigenvalue weighted by Gasteiger charge is -2.48. The summed E-state index contributed by atoms with van der Waals surface area (Å²) in [7, 11) is 0. The molecule has 1 amide bonds. The normalized spacial score (nSPS) is 29.6. The number of allylic oxidation sites excluding steroid dienone is 5. The maximum atomic E-state index is 13.4. The molecule has 3 aliphatic rings. The minimum Gasteiger partial charge on any atom is -0.394 e. The van der Waals surface area contributed by atoms with Gasteiger partial charge in [-0.05, 0) is 51.4 Å². The monoisotopic (exact) mass is 1190 g/mol. The van der Waals surface area contributed by atoms with Gasteiger partial charge in [0.2, 0.25) is 5.91 Å². The number of aliphatic hydroxyl groups is 11. The summed E-state index contributed by atoms with van der Waals surface area (Å²) in [6.07, 6.45) is 25.4. The average Bonchev–Trinajstić information content (AvgIpc) is 3.35. The van der Waals surface area contributed by atoms with Gasteiger partial charge in [-0.25, -0.2) is 0 Å². The molecule has 0 bridgehead atoms. The summed E-state index contributed by atoms with van der Waals surface area (Å²) < 4.78 is 34.3. The van der Waals surface area contributed by atoms with E-state index in [0.29, 0.717) is 6.42 Å². The standard InChI is InChI=1S/C64H117NO18/c1-3-5-7-9-11-13-15-17-19-21-23-24-25-27-29-31-33-35-37-39-41-48(69)47(65-52(70)42-40-38-36-34-32-30-28-26-22-20-18-16-14-12-10-8-6-4-2)46-78-62-58(76)55(73)60(50(44-67)80-62)83-64-59(77)56(74)61(51(45-68)81-64)82-63-57(75)54(72)53(71)49(43-66)79-63/h14,16,20,22,39,41,47-51,53-64,66-69,71-77H,3-13,15,17-19,21,23-38,40,42-46H2,1-2H3,(H,65,70)/b16-14-,22-20-,41-39+. The van der Waals surface area contributed by atoms with Crippen LogP contribution >= 0.6 is 0 Å². The Kier molecular flexibility index (Phi) is 42.7. The molecular formula is C64H117NO18. The second kappa shape index (κ2) is 47.1. The highest BCUT2D eigenvalue weighted by Crippen LogP contribution is 2.33. The molecule has 19 heteroatoms. The van der Waals surface area contributed by atoms with Crippen molar-refractivity contribution in [2.45, 2.75) is 336 Å². The molecule has 0 aromatic carbocycles. The van der Waals surface area contributed by atoms with Gasteiger partial charge in [-0.15, -0.1) is 0 Å². The molecule has 0 aromatic rings. The van der Waals surface area contributed by atoms with Crippen LogP contribution in [0.1, 0.15) is 232 Å². The smallest absolute Gasteiger partial charge is 0.220 e. The molecule has 0 saturated carbocycles. The average molecular weight is 1190 g/mol. The zero-order valence-electron chi connectivity index (χ0n) is 50.9. The van der Waals surface area contributed by atoms with Crippen LogP contribution in [0, 0.1) is 0 Å². The number of carbonyl (C=O) groups excluding carboxylic acids is 1. The first-order valence-corrected chi connectivity index (χ1v) is 32.7. The third kappa shape index (κ3) is 30.2. The van der Waals surface area contributed by atoms with Crippen LogP contribution in [0.15, 0.2) is 36.5 Å². The van der Waals surface area contributed by atoms with Crippen molar-refractivity contribution in [3.63, 3.8) is 0 Å². The molecule has 83 heavy (non-hydrogen) atoms. The fraction of sp³-hybridized carbons (Fsp3) is 0.891. The van der Waals surface area contributed by atoms with Crippen molar-refractivity contribution in [1.82, 2.24) is 5.32 Å². The maximum Gasteiger partial charge on any atom is 0.220 e. The van der Waals surface area contributed by atoms with E-state index in [0.717, 1.165) is 83.5 Å². The Balaban J connectivity index is 1.48. The van der Waals surface area contributed by atoms with Gasteiger partial charge in [0.1, 0.15) is 73.2 Å². The van der Waals surface area contributed by atoms with Crippen LogP contribution in [-0.2, 0) is 33.2 Å². The molecule has 19 nitrogen and oxygen atoms in total. The number of hydrogen-bond donors (Lipinski definition) is 12. The van der Waals surface area contributed by atoms with E-state index in [2.05, 4.69) is 43.5 Å². The van der Waals surface area contributed by atoms with E-state index in [4.69, 9.17) is 28.4 Å². The van der Waals surface area contributed by atoms with Gasteiger partial charge in [0.05, 0.1) is 38.6 Å². The van der Waals surface area contributed by atoms with Gasteiger partial charge in [-0.3, -0.25) is 4.79 Å². The van der Waals surface area contributed by atoms with E-state index in [9.17, 15) is 61.0 Å². The fourth-order valence-corrected chi connectivity index (χ4v) is 11.0. The molecular weight excluding hydrogens is 1070 g/mol. The molecule has 3 saturated heterocycles. The minimum atomic E-state index is -1.98. The van der Waals surface area contributed by atoms with Crippen LogP contribution in [0.25, 0.3) is 0 Å². The Morgan fingerprint density at radius 2 is 0.795 bits per heavy atom. The molecule has 3 heterocycles. The zero-order valence-corrected chi connectivity index (χ0v) is 50.9. The summed E-state index contributed by atoms with van der Waals surface area (Å²) in [5.41, 5.74) is 0. The quantitative estimate of drug-likeness (QED) is 0.0211. The number of rotatable bonds is 49. The van der Waals surface area contributed by atoms with Gasteiger partial charge in [-0.2, -0.15) is 0 Å². The SMILES string of the molecule is CCCCCC/C=C\C/C=C\CCCCCCCCCC(=O)NC(COC1OC(CO)C(OC2OC(CO)C(OC3OC(CO)C(O)C(O)C3O)C(O)C2O)C(O)C1O)C(O)/C=C/CCCCCCCCCCCCCCCCCCCC. The van der Waals surface area contributed by atoms with Crippen LogP contribution in [0.2, 0.25) is 0 Å². The predicted molar refractivity (Wildman–Crippen MR) is 319 cm³/mol. The predicted octanol–water partition coefficient (Wildman–Crippen LogP) is 7.27. The number of nitrogens with one attached hydrogen (secondary N) is 1. The Bertz CT molecular complexity index is 1660. The van der Waals surface area contributed by atoms with Crippen LogP contribution < -0.4 is 5.32 Å². The zero-order chi connectivity index (χ0) is 60.5. The molecule has 0 aromatic heterocycles. The second-order valence-corrected chi connectivity index (χ2v) is 23.6. The molecule has 3 fully saturated rings. The first kappa shape index (κ1) is 75.3. The Hall–Kier alpha value is -1.99. The van der Waals surface area contributed by atoms with E-state index in [1.54, 1.807) is 6.08 Å². The molecule has 486 valence electrons. The number of amides is 1. The topological polar surface area (TPSA) is 307 Å². The summed E-state index contributed by atoms with van der Waals surface area (Å²) in [6, 6.07) is -0.977. The lowest BCUT2D eigenvalue weighted by molar-refractivity contribution is -0.379. The third-order valence-corrected chi connectivity index (χ3v) is 16.4. The highest BCUT2D eigenvalue weighted by molar-refractivity contribution is 5.76. The van der Waals surface area contributed by atoms with Crippen LogP contribution in [0.3, 0.4) is 0 Å². The highest BCUT2D eigenvalue weighted by atomic mass is 16.8. The van der Waals surface area contributed by atoms with Gasteiger partial charge in [0, 0.05) is 6.42 Å². The lowest BCUT2D eigenvalue weighted by Crippen LogP contribution is -2.66. The summed E-state index contributed by atoms with van der Waals surface area (Å²) in [5, 5.41) is 120. The largest absolute Gasteiger partial charge is 0.394 e. The number of ether oxygens (including phenoxy) is 6. The summed E-state index contributed by atoms with van der Waals surface area (Å²) in [4.78, 5) is 13.4. The molecule has 0 radical (unpaired) electrons. The molecule has 0 aliphatic carbocycles. The van der Waals surface area contributed by atoms with Crippen molar-refractivity contribution in [3.8, 4) is 0 Å². The maximum absolute atomic E-state index is 13.4. The van der Waals surface area contributed by atoms with E-state index in [1.807, 2.05) is 6.08 Å². The Morgan fingerprint density at radius 1 is 0.434 bits per heavy atom. The fourth-order valence-electron chi connectivity index (χ4n) is 11.0. The van der Waals surface area contributed by atoms with Gasteiger partial charge in [0.25, 0.3) is 0 Å². The second-order valence-electron chi connectivity index (χ2n) is 23.6. The van der Waals surface area contributed by atoms with Crippen molar-refractivity contribution < 1.29 is 89.4 Å². The number of unbranched alkanes of at least 4 members (excludes halogenated alkanes) is 29. The van der Waals surface area contributed by atoms with Gasteiger partial charge < -0.3 is 89.9 Å². The van der Waals surface area contributed by atoms with E-state index >= 15 is 0 Å². The van der Waals surface area contributed by atoms with Crippen molar-refractivity contribution in [2.24, 2.45) is 0 Å². The molecule has 17 atom stereocenters. The van der Waals surface area contributed by atoms with Crippen molar-refractivity contribution in [2.75, 3.05) is 26.4 Å². The molecule has 12 N–H and O–H groups in total. The van der Waals surface area contributed by atoms with Crippen LogP contribution in [0.5, 0.6) is 0 Å². The van der Waals surface area contributed by atoms with Gasteiger partial charge in [-0.1, -0.05) is 211 Å². The Labute approximate surface area is 498 Å². The van der Waals surface area contributed by atoms with Crippen molar-refractivity contribution in [1.29, 1.82) is 0 Å². The van der Waals surface area contributed by atoms with Gasteiger partial charge >= 0.3 is 0 Å². The minimum absolute atomic E-state index is 0.235. The van der Waals surface area contributed by atoms with E-state index < -0.39 is 124 Å². The third-order valence-electron chi connectivity index (χ3n) is 16.4.